The maximum atomic E-state index is 12.6. The number of nitrogens with two attached hydrogens (primary N) is 1. The summed E-state index contributed by atoms with van der Waals surface area (Å²) in [6.07, 6.45) is 5.93. The van der Waals surface area contributed by atoms with Gasteiger partial charge in [-0.15, -0.1) is 10.2 Å². The van der Waals surface area contributed by atoms with Crippen LogP contribution in [0.15, 0.2) is 12.7 Å². The van der Waals surface area contributed by atoms with Gasteiger partial charge in [-0.2, -0.15) is 5.10 Å². The second-order valence-electron chi connectivity index (χ2n) is 7.32. The first-order valence-electron chi connectivity index (χ1n) is 9.39. The van der Waals surface area contributed by atoms with E-state index in [9.17, 15) is 9.59 Å². The van der Waals surface area contributed by atoms with Gasteiger partial charge in [-0.25, -0.2) is 9.67 Å². The molecule has 2 aromatic rings. The summed E-state index contributed by atoms with van der Waals surface area (Å²) in [4.78, 5) is 30.0. The molecule has 0 radical (unpaired) electrons. The number of hydrogen-bond donors (Lipinski definition) is 1. The molecule has 2 fully saturated rings. The molecule has 1 saturated heterocycles. The van der Waals surface area contributed by atoms with Crippen LogP contribution < -0.4 is 5.73 Å². The van der Waals surface area contributed by atoms with Gasteiger partial charge in [0, 0.05) is 25.6 Å². The monoisotopic (exact) mass is 372 g/mol. The zero-order chi connectivity index (χ0) is 19.0. The summed E-state index contributed by atoms with van der Waals surface area (Å²) >= 11 is 0. The minimum Gasteiger partial charge on any atom is -0.369 e. The van der Waals surface area contributed by atoms with E-state index >= 15 is 0 Å². The van der Waals surface area contributed by atoms with Crippen molar-refractivity contribution >= 4 is 11.8 Å². The molecule has 10 nitrogen and oxygen atoms in total. The number of primary amides is 1. The van der Waals surface area contributed by atoms with Crippen LogP contribution in [0.3, 0.4) is 0 Å². The van der Waals surface area contributed by atoms with Crippen molar-refractivity contribution < 1.29 is 9.59 Å². The zero-order valence-electron chi connectivity index (χ0n) is 15.4. The van der Waals surface area contributed by atoms with Crippen molar-refractivity contribution in [3.8, 4) is 0 Å². The minimum absolute atomic E-state index is 0.0997. The lowest BCUT2D eigenvalue weighted by molar-refractivity contribution is -0.143. The highest BCUT2D eigenvalue weighted by molar-refractivity contribution is 6.07. The summed E-state index contributed by atoms with van der Waals surface area (Å²) in [6, 6.07) is 0. The topological polar surface area (TPSA) is 125 Å². The molecule has 1 aliphatic heterocycles. The van der Waals surface area contributed by atoms with Crippen LogP contribution in [0, 0.1) is 5.41 Å². The molecule has 0 spiro atoms. The van der Waals surface area contributed by atoms with Crippen LogP contribution in [-0.4, -0.2) is 59.3 Å². The van der Waals surface area contributed by atoms with E-state index in [0.717, 1.165) is 31.0 Å². The molecule has 3 heterocycles. The molecule has 2 N–H and O–H groups in total. The van der Waals surface area contributed by atoms with E-state index < -0.39 is 11.3 Å². The predicted molar refractivity (Wildman–Crippen MR) is 94.2 cm³/mol. The third kappa shape index (κ3) is 3.08. The van der Waals surface area contributed by atoms with Crippen molar-refractivity contribution in [2.45, 2.75) is 51.6 Å². The first-order valence-corrected chi connectivity index (χ1v) is 9.39. The van der Waals surface area contributed by atoms with Gasteiger partial charge in [0.1, 0.15) is 30.4 Å². The number of rotatable bonds is 6. The van der Waals surface area contributed by atoms with Gasteiger partial charge in [0.2, 0.25) is 11.8 Å². The van der Waals surface area contributed by atoms with Crippen molar-refractivity contribution in [2.75, 3.05) is 13.1 Å². The first kappa shape index (κ1) is 17.6. The summed E-state index contributed by atoms with van der Waals surface area (Å²) in [5.41, 5.74) is 4.51. The maximum absolute atomic E-state index is 12.6. The van der Waals surface area contributed by atoms with Crippen LogP contribution in [0.4, 0.5) is 0 Å². The standard InChI is InChI=1S/C17H24N8O2/c1-2-25-13(9-24-11-19-10-20-24)21-22-14(25)12-3-7-23(8-4-12)16(27)17(5-6-17)15(18)26/h10-12H,2-9H2,1H3,(H2,18,26). The quantitative estimate of drug-likeness (QED) is 0.707. The third-order valence-corrected chi connectivity index (χ3v) is 5.72. The summed E-state index contributed by atoms with van der Waals surface area (Å²) in [7, 11) is 0. The summed E-state index contributed by atoms with van der Waals surface area (Å²) in [6.45, 7) is 4.61. The molecule has 2 aliphatic rings. The van der Waals surface area contributed by atoms with Gasteiger partial charge < -0.3 is 15.2 Å². The Kier molecular flexibility index (Phi) is 4.40. The minimum atomic E-state index is -0.929. The molecule has 2 amide bonds. The molecular weight excluding hydrogens is 348 g/mol. The SMILES string of the molecule is CCn1c(Cn2cncn2)nnc1C1CCN(C(=O)C2(C(N)=O)CC2)CC1. The molecule has 2 aromatic heterocycles. The normalized spacial score (nSPS) is 19.2. The first-order chi connectivity index (χ1) is 13.0. The number of piperidine rings is 1. The van der Waals surface area contributed by atoms with E-state index in [1.807, 2.05) is 0 Å². The fourth-order valence-electron chi connectivity index (χ4n) is 3.91. The molecule has 0 atom stereocenters. The van der Waals surface area contributed by atoms with Gasteiger partial charge in [-0.05, 0) is 32.6 Å². The molecule has 27 heavy (non-hydrogen) atoms. The van der Waals surface area contributed by atoms with Crippen LogP contribution in [0.5, 0.6) is 0 Å². The van der Waals surface area contributed by atoms with E-state index in [-0.39, 0.29) is 11.8 Å². The average molecular weight is 372 g/mol. The largest absolute Gasteiger partial charge is 0.369 e. The molecule has 144 valence electrons. The number of carbonyl (C=O) groups excluding carboxylic acids is 2. The molecule has 1 saturated carbocycles. The Hall–Kier alpha value is -2.78. The molecule has 1 aliphatic carbocycles. The summed E-state index contributed by atoms with van der Waals surface area (Å²) < 4.78 is 3.84. The predicted octanol–water partition coefficient (Wildman–Crippen LogP) is -0.0907. The lowest BCUT2D eigenvalue weighted by Crippen LogP contribution is -2.46. The Morgan fingerprint density at radius 3 is 2.56 bits per heavy atom. The van der Waals surface area contributed by atoms with Gasteiger partial charge in [0.15, 0.2) is 5.82 Å². The molecule has 0 bridgehead atoms. The molecule has 10 heteroatoms. The van der Waals surface area contributed by atoms with Crippen molar-refractivity contribution in [1.82, 2.24) is 34.4 Å². The van der Waals surface area contributed by atoms with Gasteiger partial charge in [-0.3, -0.25) is 9.59 Å². The Morgan fingerprint density at radius 1 is 1.26 bits per heavy atom. The average Bonchev–Trinajstić information content (AvgIpc) is 3.16. The fourth-order valence-corrected chi connectivity index (χ4v) is 3.91. The van der Waals surface area contributed by atoms with Crippen molar-refractivity contribution in [3.05, 3.63) is 24.3 Å². The highest BCUT2D eigenvalue weighted by Crippen LogP contribution is 2.47. The molecule has 0 unspecified atom stereocenters. The highest BCUT2D eigenvalue weighted by Gasteiger charge is 2.57. The van der Waals surface area contributed by atoms with E-state index in [2.05, 4.69) is 31.8 Å². The summed E-state index contributed by atoms with van der Waals surface area (Å²) in [5, 5.41) is 12.9. The Labute approximate surface area is 156 Å². The number of amides is 2. The Balaban J connectivity index is 1.43. The van der Waals surface area contributed by atoms with Gasteiger partial charge >= 0.3 is 0 Å². The van der Waals surface area contributed by atoms with Crippen LogP contribution in [0.1, 0.15) is 50.2 Å². The number of nitrogens with zero attached hydrogens (tertiary/aromatic N) is 7. The number of hydrogen-bond acceptors (Lipinski definition) is 6. The maximum Gasteiger partial charge on any atom is 0.238 e. The smallest absolute Gasteiger partial charge is 0.238 e. The summed E-state index contributed by atoms with van der Waals surface area (Å²) in [5.74, 6) is 1.46. The number of aromatic nitrogens is 6. The molecule has 0 aromatic carbocycles. The fraction of sp³-hybridized carbons (Fsp3) is 0.647. The van der Waals surface area contributed by atoms with Gasteiger partial charge in [-0.1, -0.05) is 0 Å². The van der Waals surface area contributed by atoms with Crippen molar-refractivity contribution in [3.63, 3.8) is 0 Å². The Bertz CT molecular complexity index is 831. The van der Waals surface area contributed by atoms with Crippen LogP contribution in [0.25, 0.3) is 0 Å². The number of likely N-dealkylation sites (tertiary alicyclic amines) is 1. The van der Waals surface area contributed by atoms with Crippen LogP contribution in [-0.2, 0) is 22.7 Å². The van der Waals surface area contributed by atoms with Crippen molar-refractivity contribution in [1.29, 1.82) is 0 Å². The lowest BCUT2D eigenvalue weighted by Gasteiger charge is -2.33. The zero-order valence-corrected chi connectivity index (χ0v) is 15.4. The van der Waals surface area contributed by atoms with E-state index in [1.54, 1.807) is 15.9 Å². The lowest BCUT2D eigenvalue weighted by atomic mass is 9.94. The highest BCUT2D eigenvalue weighted by atomic mass is 16.2. The number of carbonyl (C=O) groups is 2. The second-order valence-corrected chi connectivity index (χ2v) is 7.32. The Morgan fingerprint density at radius 2 is 2.00 bits per heavy atom. The molecule has 4 rings (SSSR count). The van der Waals surface area contributed by atoms with Crippen LogP contribution in [0.2, 0.25) is 0 Å². The van der Waals surface area contributed by atoms with Gasteiger partial charge in [0.25, 0.3) is 0 Å². The van der Waals surface area contributed by atoms with E-state index in [4.69, 9.17) is 5.73 Å². The third-order valence-electron chi connectivity index (χ3n) is 5.72. The van der Waals surface area contributed by atoms with E-state index in [0.29, 0.717) is 32.5 Å². The van der Waals surface area contributed by atoms with E-state index in [1.165, 1.54) is 6.33 Å². The van der Waals surface area contributed by atoms with Gasteiger partial charge in [0.05, 0.1) is 0 Å². The molecular formula is C17H24N8O2. The van der Waals surface area contributed by atoms with Crippen LogP contribution >= 0.6 is 0 Å². The second kappa shape index (κ2) is 6.75. The van der Waals surface area contributed by atoms with Crippen molar-refractivity contribution in [2.24, 2.45) is 11.1 Å².